The number of hydrogen-bond acceptors (Lipinski definition) is 5. The lowest BCUT2D eigenvalue weighted by molar-refractivity contribution is -0.147. The summed E-state index contributed by atoms with van der Waals surface area (Å²) in [5.74, 6) is 0.465. The summed E-state index contributed by atoms with van der Waals surface area (Å²) in [6.45, 7) is 3.56. The molecule has 0 bridgehead atoms. The summed E-state index contributed by atoms with van der Waals surface area (Å²) in [5, 5.41) is 0. The van der Waals surface area contributed by atoms with E-state index in [1.807, 2.05) is 31.2 Å². The standard InChI is InChI=1S/C20H18O5/c1-12-6-4-5-7-14(12)10-18-19(21)16-9-8-15(11-17(16)25-18)24-13(2)20(22)23-3/h4-11,13H,1-3H3/b18-10+/t13-/m0/s1. The molecule has 0 amide bonds. The van der Waals surface area contributed by atoms with Crippen LogP contribution in [-0.4, -0.2) is 25.0 Å². The lowest BCUT2D eigenvalue weighted by Gasteiger charge is -2.12. The predicted octanol–water partition coefficient (Wildman–Crippen LogP) is 3.55. The first-order chi connectivity index (χ1) is 12.0. The number of fused-ring (bicyclic) bond motifs is 1. The van der Waals surface area contributed by atoms with Crippen molar-refractivity contribution in [3.8, 4) is 11.5 Å². The van der Waals surface area contributed by atoms with Crippen LogP contribution in [0.1, 0.15) is 28.4 Å². The van der Waals surface area contributed by atoms with E-state index in [9.17, 15) is 9.59 Å². The Kier molecular flexibility index (Phi) is 4.57. The number of carbonyl (C=O) groups excluding carboxylic acids is 2. The second-order valence-electron chi connectivity index (χ2n) is 5.74. The Morgan fingerprint density at radius 1 is 1.20 bits per heavy atom. The summed E-state index contributed by atoms with van der Waals surface area (Å²) in [7, 11) is 1.30. The van der Waals surface area contributed by atoms with Gasteiger partial charge in [0.1, 0.15) is 11.5 Å². The van der Waals surface area contributed by atoms with Crippen molar-refractivity contribution in [3.05, 3.63) is 64.9 Å². The van der Waals surface area contributed by atoms with Gasteiger partial charge in [0.05, 0.1) is 12.7 Å². The highest BCUT2D eigenvalue weighted by molar-refractivity contribution is 6.14. The lowest BCUT2D eigenvalue weighted by atomic mass is 10.1. The molecule has 1 atom stereocenters. The van der Waals surface area contributed by atoms with Crippen LogP contribution in [0.4, 0.5) is 0 Å². The predicted molar refractivity (Wildman–Crippen MR) is 92.7 cm³/mol. The number of Topliss-reactive ketones (excluding diaryl/α,β-unsaturated/α-hetero) is 1. The van der Waals surface area contributed by atoms with E-state index in [2.05, 4.69) is 4.74 Å². The van der Waals surface area contributed by atoms with E-state index in [0.717, 1.165) is 11.1 Å². The Balaban J connectivity index is 1.84. The van der Waals surface area contributed by atoms with E-state index in [1.54, 1.807) is 31.2 Å². The topological polar surface area (TPSA) is 61.8 Å². The van der Waals surface area contributed by atoms with E-state index in [0.29, 0.717) is 17.1 Å². The maximum atomic E-state index is 12.5. The smallest absolute Gasteiger partial charge is 0.346 e. The first kappa shape index (κ1) is 16.8. The van der Waals surface area contributed by atoms with Crippen molar-refractivity contribution in [2.24, 2.45) is 0 Å². The normalized spacial score (nSPS) is 15.5. The van der Waals surface area contributed by atoms with E-state index < -0.39 is 12.1 Å². The highest BCUT2D eigenvalue weighted by Crippen LogP contribution is 2.35. The molecule has 1 aliphatic rings. The van der Waals surface area contributed by atoms with Crippen LogP contribution in [0.2, 0.25) is 0 Å². The van der Waals surface area contributed by atoms with Crippen molar-refractivity contribution in [2.75, 3.05) is 7.11 Å². The molecule has 0 saturated carbocycles. The van der Waals surface area contributed by atoms with Gasteiger partial charge in [0.25, 0.3) is 0 Å². The van der Waals surface area contributed by atoms with Gasteiger partial charge in [-0.3, -0.25) is 4.79 Å². The number of benzene rings is 2. The molecule has 0 unspecified atom stereocenters. The maximum absolute atomic E-state index is 12.5. The fourth-order valence-corrected chi connectivity index (χ4v) is 2.55. The molecule has 5 nitrogen and oxygen atoms in total. The quantitative estimate of drug-likeness (QED) is 0.630. The van der Waals surface area contributed by atoms with Gasteiger partial charge in [-0.1, -0.05) is 24.3 Å². The van der Waals surface area contributed by atoms with Crippen molar-refractivity contribution in [1.82, 2.24) is 0 Å². The van der Waals surface area contributed by atoms with E-state index in [-0.39, 0.29) is 11.5 Å². The molecule has 5 heteroatoms. The van der Waals surface area contributed by atoms with Gasteiger partial charge in [0.15, 0.2) is 11.9 Å². The number of esters is 1. The second-order valence-corrected chi connectivity index (χ2v) is 5.74. The highest BCUT2D eigenvalue weighted by Gasteiger charge is 2.28. The number of rotatable bonds is 4. The molecule has 0 N–H and O–H groups in total. The van der Waals surface area contributed by atoms with Gasteiger partial charge in [0.2, 0.25) is 5.78 Å². The van der Waals surface area contributed by atoms with Gasteiger partial charge in [-0.05, 0) is 43.2 Å². The number of ketones is 1. The van der Waals surface area contributed by atoms with E-state index >= 15 is 0 Å². The molecule has 2 aromatic rings. The summed E-state index contributed by atoms with van der Waals surface area (Å²) in [4.78, 5) is 23.9. The van der Waals surface area contributed by atoms with Crippen LogP contribution in [0, 0.1) is 6.92 Å². The Morgan fingerprint density at radius 3 is 2.68 bits per heavy atom. The molecule has 0 aromatic heterocycles. The highest BCUT2D eigenvalue weighted by atomic mass is 16.6. The van der Waals surface area contributed by atoms with Gasteiger partial charge in [0, 0.05) is 6.07 Å². The van der Waals surface area contributed by atoms with Gasteiger partial charge in [-0.2, -0.15) is 0 Å². The second kappa shape index (κ2) is 6.81. The molecule has 1 heterocycles. The molecule has 2 aromatic carbocycles. The van der Waals surface area contributed by atoms with Gasteiger partial charge in [-0.25, -0.2) is 4.79 Å². The molecular weight excluding hydrogens is 320 g/mol. The van der Waals surface area contributed by atoms with E-state index in [4.69, 9.17) is 9.47 Å². The fraction of sp³-hybridized carbons (Fsp3) is 0.200. The third-order valence-electron chi connectivity index (χ3n) is 3.96. The van der Waals surface area contributed by atoms with Gasteiger partial charge < -0.3 is 14.2 Å². The molecular formula is C20H18O5. The maximum Gasteiger partial charge on any atom is 0.346 e. The third kappa shape index (κ3) is 3.40. The Bertz CT molecular complexity index is 866. The average molecular weight is 338 g/mol. The minimum absolute atomic E-state index is 0.175. The third-order valence-corrected chi connectivity index (χ3v) is 3.96. The Hall–Kier alpha value is -3.08. The number of aryl methyl sites for hydroxylation is 1. The molecule has 0 fully saturated rings. The first-order valence-corrected chi connectivity index (χ1v) is 7.88. The van der Waals surface area contributed by atoms with Gasteiger partial charge in [-0.15, -0.1) is 0 Å². The molecule has 128 valence electrons. The first-order valence-electron chi connectivity index (χ1n) is 7.88. The van der Waals surface area contributed by atoms with E-state index in [1.165, 1.54) is 7.11 Å². The van der Waals surface area contributed by atoms with Crippen molar-refractivity contribution in [3.63, 3.8) is 0 Å². The van der Waals surface area contributed by atoms with Crippen LogP contribution in [0.15, 0.2) is 48.2 Å². The summed E-state index contributed by atoms with van der Waals surface area (Å²) in [5.41, 5.74) is 2.45. The number of hydrogen-bond donors (Lipinski definition) is 0. The largest absolute Gasteiger partial charge is 0.479 e. The van der Waals surface area contributed by atoms with Crippen molar-refractivity contribution >= 4 is 17.8 Å². The number of allylic oxidation sites excluding steroid dienone is 1. The SMILES string of the molecule is COC(=O)[C@H](C)Oc1ccc2c(c1)O/C(=C/c1ccccc1C)C2=O. The fourth-order valence-electron chi connectivity index (χ4n) is 2.55. The Labute approximate surface area is 145 Å². The summed E-state index contributed by atoms with van der Waals surface area (Å²) >= 11 is 0. The minimum Gasteiger partial charge on any atom is -0.479 e. The zero-order valence-corrected chi connectivity index (χ0v) is 14.2. The lowest BCUT2D eigenvalue weighted by Crippen LogP contribution is -2.24. The zero-order valence-electron chi connectivity index (χ0n) is 14.2. The Morgan fingerprint density at radius 2 is 1.96 bits per heavy atom. The van der Waals surface area contributed by atoms with Gasteiger partial charge >= 0.3 is 5.97 Å². The average Bonchev–Trinajstić information content (AvgIpc) is 2.91. The zero-order chi connectivity index (χ0) is 18.0. The molecule has 0 saturated heterocycles. The summed E-state index contributed by atoms with van der Waals surface area (Å²) in [6.07, 6.45) is 0.983. The molecule has 0 aliphatic carbocycles. The number of ether oxygens (including phenoxy) is 3. The van der Waals surface area contributed by atoms with Crippen molar-refractivity contribution in [1.29, 1.82) is 0 Å². The monoisotopic (exact) mass is 338 g/mol. The van der Waals surface area contributed by atoms with Crippen LogP contribution in [0.25, 0.3) is 6.08 Å². The molecule has 0 radical (unpaired) electrons. The molecule has 0 spiro atoms. The summed E-state index contributed by atoms with van der Waals surface area (Å²) < 4.78 is 15.8. The summed E-state index contributed by atoms with van der Waals surface area (Å²) in [6, 6.07) is 12.6. The van der Waals surface area contributed by atoms with Crippen molar-refractivity contribution in [2.45, 2.75) is 20.0 Å². The van der Waals surface area contributed by atoms with Crippen LogP contribution < -0.4 is 9.47 Å². The van der Waals surface area contributed by atoms with Crippen LogP contribution in [-0.2, 0) is 9.53 Å². The van der Waals surface area contributed by atoms with Crippen LogP contribution in [0.3, 0.4) is 0 Å². The van der Waals surface area contributed by atoms with Crippen LogP contribution >= 0.6 is 0 Å². The van der Waals surface area contributed by atoms with Crippen molar-refractivity contribution < 1.29 is 23.8 Å². The molecule has 25 heavy (non-hydrogen) atoms. The minimum atomic E-state index is -0.748. The number of carbonyl (C=O) groups is 2. The number of methoxy groups -OCH3 is 1. The molecule has 3 rings (SSSR count). The van der Waals surface area contributed by atoms with Crippen LogP contribution in [0.5, 0.6) is 11.5 Å². The molecule has 1 aliphatic heterocycles.